The normalized spacial score (nSPS) is 10.2. The van der Waals surface area contributed by atoms with Crippen molar-refractivity contribution in [2.75, 3.05) is 0 Å². The van der Waals surface area contributed by atoms with Gasteiger partial charge in [-0.1, -0.05) is 38.2 Å². The molecule has 10 heavy (non-hydrogen) atoms. The van der Waals surface area contributed by atoms with Crippen LogP contribution < -0.4 is 0 Å². The molecule has 0 rings (SSSR count). The summed E-state index contributed by atoms with van der Waals surface area (Å²) >= 11 is 0. The number of rotatable bonds is 2. The van der Waals surface area contributed by atoms with Gasteiger partial charge in [-0.05, 0) is 12.8 Å². The predicted molar refractivity (Wildman–Crippen MR) is 50.0 cm³/mol. The van der Waals surface area contributed by atoms with Gasteiger partial charge in [-0.2, -0.15) is 0 Å². The van der Waals surface area contributed by atoms with Crippen LogP contribution in [-0.4, -0.2) is 0 Å². The molecule has 0 saturated carbocycles. The summed E-state index contributed by atoms with van der Waals surface area (Å²) in [5.74, 6) is 0.623. The molecule has 0 aliphatic heterocycles. The number of hydrogen-bond donors (Lipinski definition) is 0. The third-order valence-corrected chi connectivity index (χ3v) is 1.24. The summed E-state index contributed by atoms with van der Waals surface area (Å²) in [6.07, 6.45) is 4.00. The van der Waals surface area contributed by atoms with E-state index in [4.69, 9.17) is 0 Å². The largest absolute Gasteiger partial charge is 0.106 e. The first-order chi connectivity index (χ1) is 4.72. The van der Waals surface area contributed by atoms with Crippen molar-refractivity contribution in [2.24, 2.45) is 5.92 Å². The molecule has 0 radical (unpaired) electrons. The molecular formula is C10H18. The van der Waals surface area contributed by atoms with Gasteiger partial charge in [-0.25, -0.2) is 0 Å². The van der Waals surface area contributed by atoms with E-state index in [1.54, 1.807) is 0 Å². The van der Waals surface area contributed by atoms with Crippen molar-refractivity contribution >= 4 is 0 Å². The van der Waals surface area contributed by atoms with E-state index in [-0.39, 0.29) is 0 Å². The zero-order valence-electron chi connectivity index (χ0n) is 7.35. The fourth-order valence-electron chi connectivity index (χ4n) is 0.687. The Labute approximate surface area is 65.0 Å². The van der Waals surface area contributed by atoms with Crippen LogP contribution in [0.2, 0.25) is 0 Å². The molecular weight excluding hydrogens is 120 g/mol. The van der Waals surface area contributed by atoms with Gasteiger partial charge >= 0.3 is 0 Å². The Balaban J connectivity index is 0. The molecule has 0 aliphatic rings. The third-order valence-electron chi connectivity index (χ3n) is 1.24. The van der Waals surface area contributed by atoms with Crippen molar-refractivity contribution in [3.63, 3.8) is 0 Å². The Bertz CT molecular complexity index is 107. The molecule has 0 spiro atoms. The minimum atomic E-state index is 0.623. The molecule has 0 aromatic carbocycles. The number of hydrogen-bond acceptors (Lipinski definition) is 0. The Morgan fingerprint density at radius 1 is 1.30 bits per heavy atom. The maximum Gasteiger partial charge on any atom is -0.0222 e. The van der Waals surface area contributed by atoms with E-state index in [0.717, 1.165) is 0 Å². The van der Waals surface area contributed by atoms with Gasteiger partial charge in [-0.15, -0.1) is 13.2 Å². The summed E-state index contributed by atoms with van der Waals surface area (Å²) in [7, 11) is 0. The van der Waals surface area contributed by atoms with Crippen molar-refractivity contribution in [2.45, 2.75) is 20.8 Å². The van der Waals surface area contributed by atoms with Crippen molar-refractivity contribution in [1.82, 2.24) is 0 Å². The summed E-state index contributed by atoms with van der Waals surface area (Å²) < 4.78 is 0. The summed E-state index contributed by atoms with van der Waals surface area (Å²) in [6.45, 7) is 16.1. The third kappa shape index (κ3) is 5.36. The lowest BCUT2D eigenvalue weighted by molar-refractivity contribution is 0.790. The highest BCUT2D eigenvalue weighted by molar-refractivity contribution is 5.16. The molecule has 0 fully saturated rings. The van der Waals surface area contributed by atoms with Crippen LogP contribution in [0.3, 0.4) is 0 Å². The van der Waals surface area contributed by atoms with Crippen LogP contribution in [0.4, 0.5) is 0 Å². The fraction of sp³-hybridized carbons (Fsp3) is 0.400. The standard InChI is InChI=1S/C8H14.C2H4/c1-5-8(6-2)7(3)4;1-2/h5-7H,1H2,2-4H3;1-2H2/b8-6+;. The first-order valence-electron chi connectivity index (χ1n) is 3.51. The molecule has 0 aliphatic carbocycles. The van der Waals surface area contributed by atoms with E-state index >= 15 is 0 Å². The van der Waals surface area contributed by atoms with Crippen molar-refractivity contribution in [3.05, 3.63) is 37.5 Å². The summed E-state index contributed by atoms with van der Waals surface area (Å²) in [4.78, 5) is 0. The molecule has 0 bridgehead atoms. The topological polar surface area (TPSA) is 0 Å². The van der Waals surface area contributed by atoms with Crippen LogP contribution in [0, 0.1) is 5.92 Å². The van der Waals surface area contributed by atoms with E-state index < -0.39 is 0 Å². The van der Waals surface area contributed by atoms with Crippen LogP contribution in [0.15, 0.2) is 37.5 Å². The first-order valence-corrected chi connectivity index (χ1v) is 3.51. The summed E-state index contributed by atoms with van der Waals surface area (Å²) in [5.41, 5.74) is 1.32. The minimum absolute atomic E-state index is 0.623. The Kier molecular flexibility index (Phi) is 9.82. The zero-order chi connectivity index (χ0) is 8.57. The van der Waals surface area contributed by atoms with Gasteiger partial charge in [0.25, 0.3) is 0 Å². The second kappa shape index (κ2) is 8.22. The van der Waals surface area contributed by atoms with Crippen LogP contribution in [0.1, 0.15) is 20.8 Å². The Morgan fingerprint density at radius 3 is 1.70 bits per heavy atom. The second-order valence-corrected chi connectivity index (χ2v) is 2.15. The predicted octanol–water partition coefficient (Wildman–Crippen LogP) is 3.58. The van der Waals surface area contributed by atoms with Crippen molar-refractivity contribution < 1.29 is 0 Å². The van der Waals surface area contributed by atoms with Gasteiger partial charge in [0.05, 0.1) is 0 Å². The summed E-state index contributed by atoms with van der Waals surface area (Å²) in [6, 6.07) is 0. The Hall–Kier alpha value is -0.780. The quantitative estimate of drug-likeness (QED) is 0.404. The van der Waals surface area contributed by atoms with E-state index in [9.17, 15) is 0 Å². The van der Waals surface area contributed by atoms with Crippen molar-refractivity contribution in [1.29, 1.82) is 0 Å². The maximum atomic E-state index is 3.68. The van der Waals surface area contributed by atoms with E-state index in [0.29, 0.717) is 5.92 Å². The average molecular weight is 138 g/mol. The van der Waals surface area contributed by atoms with E-state index in [2.05, 4.69) is 39.7 Å². The number of allylic oxidation sites excluding steroid dienone is 3. The highest BCUT2D eigenvalue weighted by Gasteiger charge is 1.93. The van der Waals surface area contributed by atoms with Gasteiger partial charge in [0.15, 0.2) is 0 Å². The van der Waals surface area contributed by atoms with E-state index in [1.807, 2.05) is 13.0 Å². The molecule has 58 valence electrons. The lowest BCUT2D eigenvalue weighted by Crippen LogP contribution is -1.87. The molecule has 0 saturated heterocycles. The maximum absolute atomic E-state index is 3.68. The molecule has 0 N–H and O–H groups in total. The molecule has 0 heteroatoms. The van der Waals surface area contributed by atoms with Gasteiger partial charge in [0.2, 0.25) is 0 Å². The molecule has 0 unspecified atom stereocenters. The van der Waals surface area contributed by atoms with Crippen LogP contribution in [0.25, 0.3) is 0 Å². The van der Waals surface area contributed by atoms with Crippen molar-refractivity contribution in [3.8, 4) is 0 Å². The van der Waals surface area contributed by atoms with Gasteiger partial charge in [-0.3, -0.25) is 0 Å². The minimum Gasteiger partial charge on any atom is -0.106 e. The van der Waals surface area contributed by atoms with Crippen LogP contribution in [0.5, 0.6) is 0 Å². The van der Waals surface area contributed by atoms with Gasteiger partial charge < -0.3 is 0 Å². The molecule has 0 heterocycles. The monoisotopic (exact) mass is 138 g/mol. The molecule has 0 atom stereocenters. The highest BCUT2D eigenvalue weighted by Crippen LogP contribution is 2.08. The zero-order valence-corrected chi connectivity index (χ0v) is 7.35. The average Bonchev–Trinajstić information content (AvgIpc) is 1.94. The first kappa shape index (κ1) is 12.0. The highest BCUT2D eigenvalue weighted by atomic mass is 14.0. The van der Waals surface area contributed by atoms with E-state index in [1.165, 1.54) is 5.57 Å². The van der Waals surface area contributed by atoms with Gasteiger partial charge in [0.1, 0.15) is 0 Å². The molecule has 0 nitrogen and oxygen atoms in total. The molecule has 0 aromatic rings. The molecule has 0 aromatic heterocycles. The lowest BCUT2D eigenvalue weighted by atomic mass is 10.0. The smallest absolute Gasteiger partial charge is 0.0222 e. The SMILES string of the molecule is C=C.C=C/C(=C\C)C(C)C. The van der Waals surface area contributed by atoms with Crippen LogP contribution in [-0.2, 0) is 0 Å². The second-order valence-electron chi connectivity index (χ2n) is 2.15. The Morgan fingerprint density at radius 2 is 1.70 bits per heavy atom. The fourth-order valence-corrected chi connectivity index (χ4v) is 0.687. The molecule has 0 amide bonds. The lowest BCUT2D eigenvalue weighted by Gasteiger charge is -2.02. The summed E-state index contributed by atoms with van der Waals surface area (Å²) in [5, 5.41) is 0. The van der Waals surface area contributed by atoms with Gasteiger partial charge in [0, 0.05) is 0 Å². The van der Waals surface area contributed by atoms with Crippen LogP contribution >= 0.6 is 0 Å².